The summed E-state index contributed by atoms with van der Waals surface area (Å²) in [7, 11) is 0. The lowest BCUT2D eigenvalue weighted by atomic mass is 9.80. The van der Waals surface area contributed by atoms with Crippen LogP contribution in [0.1, 0.15) is 105 Å². The Labute approximate surface area is 521 Å². The van der Waals surface area contributed by atoms with Crippen LogP contribution in [0.4, 0.5) is 34.1 Å². The average Bonchev–Trinajstić information content (AvgIpc) is 2.21. The van der Waals surface area contributed by atoms with Crippen molar-refractivity contribution in [3.8, 4) is 0 Å². The number of anilines is 6. The number of nitrogens with zero attached hydrogens (tertiary/aromatic N) is 2. The monoisotopic (exact) mass is 1180 g/mol. The first-order valence-corrected chi connectivity index (χ1v) is 32.5. The van der Waals surface area contributed by atoms with Gasteiger partial charge in [-0.1, -0.05) is 156 Å². The molecule has 4 aromatic heterocycles. The van der Waals surface area contributed by atoms with E-state index in [0.717, 1.165) is 78.0 Å². The molecule has 4 nitrogen and oxygen atoms in total. The highest BCUT2D eigenvalue weighted by molar-refractivity contribution is 7.26. The Morgan fingerprint density at radius 2 is 0.534 bits per heavy atom. The van der Waals surface area contributed by atoms with Gasteiger partial charge >= 0.3 is 0 Å². The normalized spacial score (nSPS) is 13.0. The zero-order valence-electron chi connectivity index (χ0n) is 52.2. The molecule has 432 valence electrons. The maximum Gasteiger partial charge on any atom is 0.137 e. The molecule has 0 N–H and O–H groups in total. The lowest BCUT2D eigenvalue weighted by molar-refractivity contribution is 0.568. The Kier molecular flexibility index (Phi) is 11.9. The van der Waals surface area contributed by atoms with Crippen LogP contribution in [-0.4, -0.2) is 0 Å². The molecule has 0 saturated heterocycles. The van der Waals surface area contributed by atoms with Crippen molar-refractivity contribution in [3.05, 3.63) is 229 Å². The molecule has 12 aromatic carbocycles. The molecule has 16 rings (SSSR count). The molecular formula is C82H70N2O2S2. The Morgan fingerprint density at radius 3 is 0.886 bits per heavy atom. The minimum atomic E-state index is -0.0606. The van der Waals surface area contributed by atoms with Crippen molar-refractivity contribution < 1.29 is 8.83 Å². The molecule has 0 spiro atoms. The average molecular weight is 1180 g/mol. The Bertz CT molecular complexity index is 5170. The number of hydrogen-bond donors (Lipinski definition) is 0. The van der Waals surface area contributed by atoms with Crippen LogP contribution < -0.4 is 9.80 Å². The highest BCUT2D eigenvalue weighted by Gasteiger charge is 2.28. The second-order valence-corrected chi connectivity index (χ2v) is 30.9. The van der Waals surface area contributed by atoms with Crippen molar-refractivity contribution in [3.63, 3.8) is 0 Å². The highest BCUT2D eigenvalue weighted by Crippen LogP contribution is 2.49. The molecule has 0 unspecified atom stereocenters. The summed E-state index contributed by atoms with van der Waals surface area (Å²) < 4.78 is 18.6. The summed E-state index contributed by atoms with van der Waals surface area (Å²) in [6.45, 7) is 27.8. The van der Waals surface area contributed by atoms with Crippen molar-refractivity contribution in [1.29, 1.82) is 0 Å². The molecule has 0 bridgehead atoms. The number of benzene rings is 12. The van der Waals surface area contributed by atoms with E-state index in [4.69, 9.17) is 8.83 Å². The largest absolute Gasteiger partial charge is 0.456 e. The van der Waals surface area contributed by atoms with E-state index in [-0.39, 0.29) is 21.7 Å². The lowest BCUT2D eigenvalue weighted by Crippen LogP contribution is -2.19. The van der Waals surface area contributed by atoms with E-state index in [0.29, 0.717) is 0 Å². The van der Waals surface area contributed by atoms with Gasteiger partial charge in [-0.25, -0.2) is 0 Å². The summed E-state index contributed by atoms with van der Waals surface area (Å²) >= 11 is 3.77. The van der Waals surface area contributed by atoms with Crippen molar-refractivity contribution >= 4 is 173 Å². The van der Waals surface area contributed by atoms with Gasteiger partial charge in [-0.15, -0.1) is 22.7 Å². The standard InChI is InChI=1S/C82H70N2O2S2/c1-79(2,3)53-37-54(80(4,5)6)40-61(39-53)83(57-21-25-63-67-29-47-17-13-15-19-49(47)33-71(67)85-73(63)43-57)59-23-27-65-69-31-51-36-76-70(32-52(51)35-75(69)87-77(65)45-59)66-28-24-60(46-78(66)88-76)84(62-41-55(81(7,8)9)38-56(42-62)82(10,11)12)58-22-26-64-68-30-48-18-14-16-20-50(48)34-72(68)86-74(64)44-58/h13-46H,1-12H3. The SMILES string of the molecule is CC(C)(C)c1cc(N(c2ccc3c(c2)oc2cc4ccccc4cc23)c2ccc3c(c2)sc2cc4cc5c(cc4cc23)sc2cc(N(c3cc(C(C)(C)C)cc(C(C)(C)C)c3)c3ccc4c(c3)oc3cc6ccccc6cc34)ccc25)cc(C(C)(C)C)c1. The summed E-state index contributed by atoms with van der Waals surface area (Å²) in [5.74, 6) is 0. The van der Waals surface area contributed by atoms with Gasteiger partial charge in [-0.05, 0) is 198 Å². The predicted octanol–water partition coefficient (Wildman–Crippen LogP) is 25.8. The summed E-state index contributed by atoms with van der Waals surface area (Å²) in [5, 5.41) is 16.9. The fraction of sp³-hybridized carbons (Fsp3) is 0.195. The first kappa shape index (κ1) is 54.5. The van der Waals surface area contributed by atoms with Gasteiger partial charge < -0.3 is 18.6 Å². The number of fused-ring (bicyclic) bond motifs is 15. The molecule has 16 aromatic rings. The van der Waals surface area contributed by atoms with Crippen molar-refractivity contribution in [2.24, 2.45) is 0 Å². The third-order valence-electron chi connectivity index (χ3n) is 18.5. The van der Waals surface area contributed by atoms with Crippen LogP contribution in [0.3, 0.4) is 0 Å². The van der Waals surface area contributed by atoms with E-state index < -0.39 is 0 Å². The minimum absolute atomic E-state index is 0.0606. The van der Waals surface area contributed by atoms with Crippen molar-refractivity contribution in [1.82, 2.24) is 0 Å². The Balaban J connectivity index is 0.814. The van der Waals surface area contributed by atoms with Crippen LogP contribution in [0.25, 0.3) is 117 Å². The first-order chi connectivity index (χ1) is 42.0. The van der Waals surface area contributed by atoms with Crippen molar-refractivity contribution in [2.75, 3.05) is 9.80 Å². The molecule has 0 amide bonds. The second-order valence-electron chi connectivity index (χ2n) is 28.8. The van der Waals surface area contributed by atoms with Crippen LogP contribution >= 0.6 is 22.7 Å². The summed E-state index contributed by atoms with van der Waals surface area (Å²) in [6, 6.07) is 77.9. The Morgan fingerprint density at radius 1 is 0.239 bits per heavy atom. The summed E-state index contributed by atoms with van der Waals surface area (Å²) in [5.41, 5.74) is 15.2. The van der Waals surface area contributed by atoms with E-state index in [9.17, 15) is 0 Å². The Hall–Kier alpha value is -8.94. The van der Waals surface area contributed by atoms with Gasteiger partial charge in [0, 0.05) is 108 Å². The predicted molar refractivity (Wildman–Crippen MR) is 383 cm³/mol. The zero-order valence-corrected chi connectivity index (χ0v) is 53.8. The maximum atomic E-state index is 6.75. The van der Waals surface area contributed by atoms with E-state index in [1.807, 2.05) is 22.7 Å². The molecule has 88 heavy (non-hydrogen) atoms. The van der Waals surface area contributed by atoms with Gasteiger partial charge in [0.2, 0.25) is 0 Å². The van der Waals surface area contributed by atoms with Crippen LogP contribution in [0.15, 0.2) is 215 Å². The summed E-state index contributed by atoms with van der Waals surface area (Å²) in [4.78, 5) is 4.90. The van der Waals surface area contributed by atoms with Gasteiger partial charge in [0.05, 0.1) is 0 Å². The van der Waals surface area contributed by atoms with Crippen LogP contribution in [0.2, 0.25) is 0 Å². The number of hydrogen-bond acceptors (Lipinski definition) is 6. The lowest BCUT2D eigenvalue weighted by Gasteiger charge is -2.31. The number of furan rings is 2. The molecule has 0 fully saturated rings. The molecule has 0 aliphatic rings. The van der Waals surface area contributed by atoms with Gasteiger partial charge in [-0.3, -0.25) is 0 Å². The molecule has 6 heteroatoms. The van der Waals surface area contributed by atoms with E-state index in [2.05, 4.69) is 299 Å². The first-order valence-electron chi connectivity index (χ1n) is 30.9. The molecule has 0 aliphatic heterocycles. The van der Waals surface area contributed by atoms with Crippen LogP contribution in [-0.2, 0) is 21.7 Å². The highest BCUT2D eigenvalue weighted by atomic mass is 32.1. The molecule has 4 heterocycles. The second kappa shape index (κ2) is 19.3. The topological polar surface area (TPSA) is 32.8 Å². The number of rotatable bonds is 6. The van der Waals surface area contributed by atoms with Gasteiger partial charge in [0.25, 0.3) is 0 Å². The molecular weight excluding hydrogens is 1110 g/mol. The molecule has 0 aliphatic carbocycles. The summed E-state index contributed by atoms with van der Waals surface area (Å²) in [6.07, 6.45) is 0. The van der Waals surface area contributed by atoms with Crippen molar-refractivity contribution in [2.45, 2.75) is 105 Å². The van der Waals surface area contributed by atoms with Gasteiger partial charge in [-0.2, -0.15) is 0 Å². The number of thiophene rings is 2. The fourth-order valence-corrected chi connectivity index (χ4v) is 15.7. The van der Waals surface area contributed by atoms with Crippen LogP contribution in [0.5, 0.6) is 0 Å². The van der Waals surface area contributed by atoms with Gasteiger partial charge in [0.1, 0.15) is 22.3 Å². The molecule has 0 atom stereocenters. The smallest absolute Gasteiger partial charge is 0.137 e. The van der Waals surface area contributed by atoms with E-state index >= 15 is 0 Å². The third kappa shape index (κ3) is 9.12. The molecule has 0 radical (unpaired) electrons. The maximum absolute atomic E-state index is 6.75. The van der Waals surface area contributed by atoms with Crippen LogP contribution in [0, 0.1) is 0 Å². The quantitative estimate of drug-likeness (QED) is 0.166. The van der Waals surface area contributed by atoms with E-state index in [1.165, 1.54) is 94.9 Å². The molecule has 0 saturated carbocycles. The minimum Gasteiger partial charge on any atom is -0.456 e. The zero-order chi connectivity index (χ0) is 60.5. The third-order valence-corrected chi connectivity index (χ3v) is 20.7. The van der Waals surface area contributed by atoms with E-state index in [1.54, 1.807) is 0 Å². The van der Waals surface area contributed by atoms with Gasteiger partial charge in [0.15, 0.2) is 0 Å². The fourth-order valence-electron chi connectivity index (χ4n) is 13.3.